The first kappa shape index (κ1) is 24.0. The van der Waals surface area contributed by atoms with E-state index in [1.807, 2.05) is 33.8 Å². The third kappa shape index (κ3) is 4.25. The van der Waals surface area contributed by atoms with Gasteiger partial charge >= 0.3 is 0 Å². The maximum Gasteiger partial charge on any atom is 0.300 e. The van der Waals surface area contributed by atoms with Crippen molar-refractivity contribution in [2.24, 2.45) is 0 Å². The number of aromatic nitrogens is 1. The predicted octanol–water partition coefficient (Wildman–Crippen LogP) is 5.03. The number of aliphatic hydroxyl groups is 1. The van der Waals surface area contributed by atoms with Crippen LogP contribution in [0.4, 0.5) is 5.69 Å². The van der Waals surface area contributed by atoms with Gasteiger partial charge in [-0.2, -0.15) is 0 Å². The molecule has 0 aliphatic carbocycles. The van der Waals surface area contributed by atoms with Crippen LogP contribution in [0.25, 0.3) is 5.76 Å². The highest BCUT2D eigenvalue weighted by molar-refractivity contribution is 6.51. The van der Waals surface area contributed by atoms with Gasteiger partial charge in [0.05, 0.1) is 29.6 Å². The van der Waals surface area contributed by atoms with Gasteiger partial charge in [0.2, 0.25) is 0 Å². The van der Waals surface area contributed by atoms with Crippen LogP contribution >= 0.6 is 0 Å². The number of hydrogen-bond donors (Lipinski definition) is 2. The first-order chi connectivity index (χ1) is 16.5. The van der Waals surface area contributed by atoms with Crippen molar-refractivity contribution in [3.63, 3.8) is 0 Å². The van der Waals surface area contributed by atoms with Crippen LogP contribution in [0, 0.1) is 6.92 Å². The minimum Gasteiger partial charge on any atom is -0.507 e. The lowest BCUT2D eigenvalue weighted by atomic mass is 9.85. The Labute approximate surface area is 204 Å². The number of aryl methyl sites for hydroxylation is 1. The Hall–Kier alpha value is -4.13. The number of aliphatic hydroxyl groups excluding tert-OH is 1. The van der Waals surface area contributed by atoms with E-state index >= 15 is 0 Å². The molecule has 1 aromatic heterocycles. The maximum absolute atomic E-state index is 13.4. The molecule has 1 fully saturated rings. The van der Waals surface area contributed by atoms with Gasteiger partial charge < -0.3 is 14.9 Å². The van der Waals surface area contributed by atoms with Crippen molar-refractivity contribution >= 4 is 23.1 Å². The number of phenolic OH excluding ortho intramolecular Hbond substituents is 1. The Morgan fingerprint density at radius 3 is 2.43 bits per heavy atom. The molecule has 35 heavy (non-hydrogen) atoms. The largest absolute Gasteiger partial charge is 0.507 e. The second-order valence-corrected chi connectivity index (χ2v) is 9.58. The summed E-state index contributed by atoms with van der Waals surface area (Å²) in [6.45, 7) is 7.92. The number of phenols is 1. The van der Waals surface area contributed by atoms with Crippen LogP contribution < -0.4 is 9.64 Å². The van der Waals surface area contributed by atoms with Gasteiger partial charge in [0.25, 0.3) is 11.7 Å². The zero-order valence-electron chi connectivity index (χ0n) is 20.4. The summed E-state index contributed by atoms with van der Waals surface area (Å²) in [6, 6.07) is 14.3. The van der Waals surface area contributed by atoms with Crippen LogP contribution in [0.5, 0.6) is 11.5 Å². The molecule has 0 saturated carbocycles. The number of carbonyl (C=O) groups excluding carboxylic acids is 2. The van der Waals surface area contributed by atoms with Crippen LogP contribution in [0.15, 0.2) is 66.4 Å². The Morgan fingerprint density at radius 2 is 1.80 bits per heavy atom. The van der Waals surface area contributed by atoms with E-state index in [4.69, 9.17) is 4.74 Å². The van der Waals surface area contributed by atoms with Crippen molar-refractivity contribution in [2.75, 3.05) is 12.0 Å². The Balaban J connectivity index is 2.02. The molecule has 180 valence electrons. The lowest BCUT2D eigenvalue weighted by Gasteiger charge is -2.26. The molecular weight excluding hydrogens is 444 g/mol. The fourth-order valence-electron chi connectivity index (χ4n) is 4.23. The monoisotopic (exact) mass is 472 g/mol. The molecule has 1 aliphatic heterocycles. The fourth-order valence-corrected chi connectivity index (χ4v) is 4.23. The molecule has 1 amide bonds. The maximum atomic E-state index is 13.4. The van der Waals surface area contributed by atoms with E-state index in [0.717, 1.165) is 11.1 Å². The number of carbonyl (C=O) groups is 2. The van der Waals surface area contributed by atoms with Gasteiger partial charge in [-0.25, -0.2) is 0 Å². The van der Waals surface area contributed by atoms with Crippen LogP contribution in [-0.4, -0.2) is 34.0 Å². The third-order valence-corrected chi connectivity index (χ3v) is 6.12. The van der Waals surface area contributed by atoms with E-state index in [1.165, 1.54) is 18.1 Å². The molecule has 1 atom stereocenters. The number of benzene rings is 2. The van der Waals surface area contributed by atoms with E-state index in [-0.39, 0.29) is 28.2 Å². The van der Waals surface area contributed by atoms with Gasteiger partial charge in [-0.1, -0.05) is 39.0 Å². The molecule has 7 nitrogen and oxygen atoms in total. The Kier molecular flexibility index (Phi) is 6.11. The summed E-state index contributed by atoms with van der Waals surface area (Å²) >= 11 is 0. The molecule has 0 spiro atoms. The van der Waals surface area contributed by atoms with Gasteiger partial charge in [-0.3, -0.25) is 19.5 Å². The van der Waals surface area contributed by atoms with Crippen molar-refractivity contribution in [3.8, 4) is 11.5 Å². The minimum absolute atomic E-state index is 0.126. The molecule has 7 heteroatoms. The van der Waals surface area contributed by atoms with Gasteiger partial charge in [-0.15, -0.1) is 0 Å². The number of aromatic hydroxyl groups is 1. The molecule has 1 unspecified atom stereocenters. The molecule has 2 heterocycles. The zero-order valence-corrected chi connectivity index (χ0v) is 20.4. The third-order valence-electron chi connectivity index (χ3n) is 6.12. The molecule has 1 saturated heterocycles. The minimum atomic E-state index is -1.05. The van der Waals surface area contributed by atoms with Gasteiger partial charge in [-0.05, 0) is 59.9 Å². The molecule has 1 aliphatic rings. The van der Waals surface area contributed by atoms with Crippen molar-refractivity contribution < 1.29 is 24.5 Å². The molecule has 2 aromatic carbocycles. The highest BCUT2D eigenvalue weighted by Gasteiger charge is 2.48. The fraction of sp³-hybridized carbons (Fsp3) is 0.250. The van der Waals surface area contributed by atoms with Gasteiger partial charge in [0.1, 0.15) is 23.3 Å². The van der Waals surface area contributed by atoms with Crippen molar-refractivity contribution in [1.82, 2.24) is 4.98 Å². The molecule has 4 rings (SSSR count). The topological polar surface area (TPSA) is 100.0 Å². The van der Waals surface area contributed by atoms with E-state index in [9.17, 15) is 19.8 Å². The standard InChI is InChI=1S/C28H28N2O5/c1-16-9-11-21(31)20(14-16)30-24(19-8-6-7-13-29-19)23(26(33)27(30)34)25(32)18-15-17(28(2,3)4)10-12-22(18)35-5/h6-15,24,31-32H,1-5H3/b25-23+. The molecule has 3 aromatic rings. The summed E-state index contributed by atoms with van der Waals surface area (Å²) < 4.78 is 5.48. The first-order valence-electron chi connectivity index (χ1n) is 11.2. The van der Waals surface area contributed by atoms with Crippen LogP contribution in [0.2, 0.25) is 0 Å². The predicted molar refractivity (Wildman–Crippen MR) is 134 cm³/mol. The van der Waals surface area contributed by atoms with Crippen LogP contribution in [0.3, 0.4) is 0 Å². The van der Waals surface area contributed by atoms with Crippen LogP contribution in [0.1, 0.15) is 49.2 Å². The molecule has 2 N–H and O–H groups in total. The number of methoxy groups -OCH3 is 1. The molecule has 0 radical (unpaired) electrons. The quantitative estimate of drug-likeness (QED) is 0.314. The van der Waals surface area contributed by atoms with E-state index < -0.39 is 17.7 Å². The highest BCUT2D eigenvalue weighted by Crippen LogP contribution is 2.45. The molecular formula is C28H28N2O5. The summed E-state index contributed by atoms with van der Waals surface area (Å²) in [7, 11) is 1.47. The first-order valence-corrected chi connectivity index (χ1v) is 11.2. The van der Waals surface area contributed by atoms with Crippen molar-refractivity contribution in [2.45, 2.75) is 39.2 Å². The van der Waals surface area contributed by atoms with Gasteiger partial charge in [0, 0.05) is 6.20 Å². The number of rotatable bonds is 4. The smallest absolute Gasteiger partial charge is 0.300 e. The van der Waals surface area contributed by atoms with E-state index in [0.29, 0.717) is 17.0 Å². The number of pyridine rings is 1. The second-order valence-electron chi connectivity index (χ2n) is 9.58. The van der Waals surface area contributed by atoms with E-state index in [1.54, 1.807) is 48.7 Å². The second kappa shape index (κ2) is 8.91. The summed E-state index contributed by atoms with van der Waals surface area (Å²) in [5.74, 6) is -1.90. The number of ketones is 1. The lowest BCUT2D eigenvalue weighted by molar-refractivity contribution is -0.132. The zero-order chi connectivity index (χ0) is 25.5. The Morgan fingerprint density at radius 1 is 1.06 bits per heavy atom. The number of amides is 1. The van der Waals surface area contributed by atoms with Crippen molar-refractivity contribution in [3.05, 3.63) is 88.8 Å². The number of anilines is 1. The van der Waals surface area contributed by atoms with Gasteiger partial charge in [0.15, 0.2) is 0 Å². The number of hydrogen-bond acceptors (Lipinski definition) is 6. The summed E-state index contributed by atoms with van der Waals surface area (Å²) in [5, 5.41) is 22.1. The Bertz CT molecular complexity index is 1340. The lowest BCUT2D eigenvalue weighted by Crippen LogP contribution is -2.30. The average Bonchev–Trinajstić information content (AvgIpc) is 3.10. The van der Waals surface area contributed by atoms with Crippen molar-refractivity contribution in [1.29, 1.82) is 0 Å². The summed E-state index contributed by atoms with van der Waals surface area (Å²) in [4.78, 5) is 32.3. The normalized spacial score (nSPS) is 17.6. The number of ether oxygens (including phenoxy) is 1. The number of Topliss-reactive ketones (excluding diaryl/α,β-unsaturated/α-hetero) is 1. The number of nitrogens with zero attached hydrogens (tertiary/aromatic N) is 2. The van der Waals surface area contributed by atoms with Crippen LogP contribution in [-0.2, 0) is 15.0 Å². The SMILES string of the molecule is COc1ccc(C(C)(C)C)cc1/C(O)=C1\C(=O)C(=O)N(c2cc(C)ccc2O)C1c1ccccn1. The summed E-state index contributed by atoms with van der Waals surface area (Å²) in [5.41, 5.74) is 2.18. The molecule has 0 bridgehead atoms. The summed E-state index contributed by atoms with van der Waals surface area (Å²) in [6.07, 6.45) is 1.55. The highest BCUT2D eigenvalue weighted by atomic mass is 16.5. The average molecular weight is 473 g/mol. The van der Waals surface area contributed by atoms with E-state index in [2.05, 4.69) is 4.98 Å².